The lowest BCUT2D eigenvalue weighted by Crippen LogP contribution is -2.00. The molecule has 0 spiro atoms. The molecule has 1 atom stereocenters. The van der Waals surface area contributed by atoms with Gasteiger partial charge in [0.25, 0.3) is 0 Å². The van der Waals surface area contributed by atoms with Gasteiger partial charge in [0.2, 0.25) is 0 Å². The summed E-state index contributed by atoms with van der Waals surface area (Å²) in [4.78, 5) is 0. The van der Waals surface area contributed by atoms with E-state index in [1.165, 1.54) is 0 Å². The largest absolute Gasteiger partial charge is 0.496 e. The van der Waals surface area contributed by atoms with Crippen LogP contribution in [-0.4, -0.2) is 7.11 Å². The minimum absolute atomic E-state index is 0.285. The molecule has 0 bridgehead atoms. The lowest BCUT2D eigenvalue weighted by atomic mass is 9.92. The zero-order chi connectivity index (χ0) is 12.1. The minimum atomic E-state index is -0.285. The quantitative estimate of drug-likeness (QED) is 0.799. The van der Waals surface area contributed by atoms with Gasteiger partial charge in [-0.25, -0.2) is 0 Å². The Balaban J connectivity index is 2.47. The zero-order valence-corrected chi connectivity index (χ0v) is 9.63. The second-order valence-electron chi connectivity index (χ2n) is 3.71. The minimum Gasteiger partial charge on any atom is -0.496 e. The maximum absolute atomic E-state index is 9.35. The lowest BCUT2D eigenvalue weighted by molar-refractivity contribution is 0.409. The number of para-hydroxylation sites is 1. The van der Waals surface area contributed by atoms with Crippen LogP contribution in [0.5, 0.6) is 5.75 Å². The van der Waals surface area contributed by atoms with E-state index in [0.717, 1.165) is 16.9 Å². The van der Waals surface area contributed by atoms with E-state index in [1.54, 1.807) is 7.11 Å². The number of nitriles is 1. The maximum Gasteiger partial charge on any atom is 0.123 e. The first-order chi connectivity index (χ1) is 8.36. The fourth-order valence-electron chi connectivity index (χ4n) is 1.87. The highest BCUT2D eigenvalue weighted by Crippen LogP contribution is 2.30. The molecule has 0 aromatic heterocycles. The van der Waals surface area contributed by atoms with Gasteiger partial charge in [0.05, 0.1) is 19.1 Å². The Labute approximate surface area is 101 Å². The van der Waals surface area contributed by atoms with Gasteiger partial charge in [-0.1, -0.05) is 48.5 Å². The Hall–Kier alpha value is -2.27. The topological polar surface area (TPSA) is 33.0 Å². The van der Waals surface area contributed by atoms with E-state index in [0.29, 0.717) is 0 Å². The Morgan fingerprint density at radius 3 is 2.29 bits per heavy atom. The molecular formula is C15H13NO. The Bertz CT molecular complexity index is 528. The summed E-state index contributed by atoms with van der Waals surface area (Å²) in [5, 5.41) is 9.35. The Morgan fingerprint density at radius 1 is 1.00 bits per heavy atom. The van der Waals surface area contributed by atoms with Gasteiger partial charge in [-0.05, 0) is 11.6 Å². The molecule has 0 aliphatic carbocycles. The molecule has 0 saturated heterocycles. The molecule has 0 fully saturated rings. The summed E-state index contributed by atoms with van der Waals surface area (Å²) in [7, 11) is 1.62. The molecule has 2 aromatic rings. The SMILES string of the molecule is COc1ccccc1C(C#N)c1ccccc1. The molecule has 1 unspecified atom stereocenters. The molecule has 0 amide bonds. The fourth-order valence-corrected chi connectivity index (χ4v) is 1.87. The van der Waals surface area contributed by atoms with Crippen molar-refractivity contribution in [2.24, 2.45) is 0 Å². The first-order valence-corrected chi connectivity index (χ1v) is 5.44. The number of hydrogen-bond acceptors (Lipinski definition) is 2. The molecule has 0 N–H and O–H groups in total. The van der Waals surface area contributed by atoms with Gasteiger partial charge in [0.1, 0.15) is 5.75 Å². The second-order valence-corrected chi connectivity index (χ2v) is 3.71. The van der Waals surface area contributed by atoms with Crippen molar-refractivity contribution in [1.82, 2.24) is 0 Å². The summed E-state index contributed by atoms with van der Waals surface area (Å²) in [6.07, 6.45) is 0. The van der Waals surface area contributed by atoms with E-state index in [4.69, 9.17) is 4.74 Å². The number of benzene rings is 2. The third-order valence-corrected chi connectivity index (χ3v) is 2.71. The molecule has 0 radical (unpaired) electrons. The molecule has 0 heterocycles. The van der Waals surface area contributed by atoms with Crippen molar-refractivity contribution in [3.8, 4) is 11.8 Å². The van der Waals surface area contributed by atoms with Crippen LogP contribution in [0.1, 0.15) is 17.0 Å². The lowest BCUT2D eigenvalue weighted by Gasteiger charge is -2.13. The second kappa shape index (κ2) is 5.18. The smallest absolute Gasteiger partial charge is 0.123 e. The van der Waals surface area contributed by atoms with Crippen LogP contribution in [0, 0.1) is 11.3 Å². The number of ether oxygens (including phenoxy) is 1. The maximum atomic E-state index is 9.35. The van der Waals surface area contributed by atoms with Gasteiger partial charge in [-0.15, -0.1) is 0 Å². The highest BCUT2D eigenvalue weighted by atomic mass is 16.5. The first-order valence-electron chi connectivity index (χ1n) is 5.44. The van der Waals surface area contributed by atoms with E-state index < -0.39 is 0 Å². The summed E-state index contributed by atoms with van der Waals surface area (Å²) in [5.74, 6) is 0.468. The van der Waals surface area contributed by atoms with Crippen molar-refractivity contribution < 1.29 is 4.74 Å². The van der Waals surface area contributed by atoms with Crippen LogP contribution in [0.15, 0.2) is 54.6 Å². The predicted octanol–water partition coefficient (Wildman–Crippen LogP) is 3.35. The average molecular weight is 223 g/mol. The van der Waals surface area contributed by atoms with E-state index in [-0.39, 0.29) is 5.92 Å². The molecule has 84 valence electrons. The fraction of sp³-hybridized carbons (Fsp3) is 0.133. The van der Waals surface area contributed by atoms with Crippen LogP contribution in [-0.2, 0) is 0 Å². The van der Waals surface area contributed by atoms with Crippen LogP contribution < -0.4 is 4.74 Å². The van der Waals surface area contributed by atoms with Gasteiger partial charge in [-0.2, -0.15) is 5.26 Å². The van der Waals surface area contributed by atoms with Crippen LogP contribution in [0.2, 0.25) is 0 Å². The summed E-state index contributed by atoms with van der Waals surface area (Å²) in [5.41, 5.74) is 1.89. The molecule has 2 nitrogen and oxygen atoms in total. The number of rotatable bonds is 3. The Kier molecular flexibility index (Phi) is 3.42. The monoisotopic (exact) mass is 223 g/mol. The molecule has 2 aromatic carbocycles. The predicted molar refractivity (Wildman–Crippen MR) is 66.9 cm³/mol. The highest BCUT2D eigenvalue weighted by Gasteiger charge is 2.16. The molecule has 0 aliphatic heterocycles. The van der Waals surface area contributed by atoms with Crippen molar-refractivity contribution >= 4 is 0 Å². The van der Waals surface area contributed by atoms with Crippen molar-refractivity contribution in [2.45, 2.75) is 5.92 Å². The summed E-state index contributed by atoms with van der Waals surface area (Å²) >= 11 is 0. The van der Waals surface area contributed by atoms with E-state index in [2.05, 4.69) is 6.07 Å². The van der Waals surface area contributed by atoms with Crippen molar-refractivity contribution in [1.29, 1.82) is 5.26 Å². The van der Waals surface area contributed by atoms with E-state index in [1.807, 2.05) is 54.6 Å². The molecular weight excluding hydrogens is 210 g/mol. The van der Waals surface area contributed by atoms with Gasteiger partial charge in [0, 0.05) is 5.56 Å². The van der Waals surface area contributed by atoms with Gasteiger partial charge in [0.15, 0.2) is 0 Å². The standard InChI is InChI=1S/C15H13NO/c1-17-15-10-6-5-9-13(15)14(11-16)12-7-3-2-4-8-12/h2-10,14H,1H3. The molecule has 0 saturated carbocycles. The zero-order valence-electron chi connectivity index (χ0n) is 9.63. The molecule has 17 heavy (non-hydrogen) atoms. The van der Waals surface area contributed by atoms with Crippen LogP contribution in [0.3, 0.4) is 0 Å². The number of nitrogens with zero attached hydrogens (tertiary/aromatic N) is 1. The highest BCUT2D eigenvalue weighted by molar-refractivity contribution is 5.45. The van der Waals surface area contributed by atoms with Crippen LogP contribution in [0.4, 0.5) is 0 Å². The molecule has 0 aliphatic rings. The van der Waals surface area contributed by atoms with Crippen molar-refractivity contribution in [2.75, 3.05) is 7.11 Å². The van der Waals surface area contributed by atoms with Gasteiger partial charge < -0.3 is 4.74 Å². The van der Waals surface area contributed by atoms with Crippen molar-refractivity contribution in [3.63, 3.8) is 0 Å². The number of hydrogen-bond donors (Lipinski definition) is 0. The van der Waals surface area contributed by atoms with E-state index in [9.17, 15) is 5.26 Å². The molecule has 2 rings (SSSR count). The third kappa shape index (κ3) is 2.29. The summed E-state index contributed by atoms with van der Waals surface area (Å²) in [6, 6.07) is 19.7. The normalized spacial score (nSPS) is 11.5. The molecule has 2 heteroatoms. The van der Waals surface area contributed by atoms with Gasteiger partial charge in [-0.3, -0.25) is 0 Å². The average Bonchev–Trinajstić information content (AvgIpc) is 2.41. The van der Waals surface area contributed by atoms with E-state index >= 15 is 0 Å². The van der Waals surface area contributed by atoms with Gasteiger partial charge >= 0.3 is 0 Å². The first kappa shape index (κ1) is 11.2. The van der Waals surface area contributed by atoms with Crippen LogP contribution in [0.25, 0.3) is 0 Å². The van der Waals surface area contributed by atoms with Crippen LogP contribution >= 0.6 is 0 Å². The summed E-state index contributed by atoms with van der Waals surface area (Å²) in [6.45, 7) is 0. The Morgan fingerprint density at radius 2 is 1.65 bits per heavy atom. The summed E-state index contributed by atoms with van der Waals surface area (Å²) < 4.78 is 5.30. The van der Waals surface area contributed by atoms with Crippen molar-refractivity contribution in [3.05, 3.63) is 65.7 Å². The number of methoxy groups -OCH3 is 1. The third-order valence-electron chi connectivity index (χ3n) is 2.71.